The molecule has 0 spiro atoms. The molecule has 2 atom stereocenters. The van der Waals surface area contributed by atoms with Crippen molar-refractivity contribution < 1.29 is 4.79 Å². The summed E-state index contributed by atoms with van der Waals surface area (Å²) in [6, 6.07) is 8.08. The second-order valence-corrected chi connectivity index (χ2v) is 6.88. The van der Waals surface area contributed by atoms with Crippen LogP contribution < -0.4 is 11.1 Å². The smallest absolute Gasteiger partial charge is 0.220 e. The van der Waals surface area contributed by atoms with Gasteiger partial charge in [-0.25, -0.2) is 0 Å². The Morgan fingerprint density at radius 3 is 2.33 bits per heavy atom. The number of amides is 1. The van der Waals surface area contributed by atoms with E-state index in [4.69, 9.17) is 5.73 Å². The Morgan fingerprint density at radius 1 is 1.19 bits per heavy atom. The van der Waals surface area contributed by atoms with Crippen molar-refractivity contribution in [2.45, 2.75) is 46.1 Å². The van der Waals surface area contributed by atoms with Crippen LogP contribution in [0.3, 0.4) is 0 Å². The molecule has 1 rings (SSSR count). The highest BCUT2D eigenvalue weighted by Gasteiger charge is 2.15. The first-order valence-electron chi connectivity index (χ1n) is 7.69. The molecule has 3 nitrogen and oxygen atoms in total. The van der Waals surface area contributed by atoms with Crippen LogP contribution in [0.5, 0.6) is 0 Å². The standard InChI is InChI=1S/C17H27BrN2O/c1-12(2)14(10-11-19)6-9-17(21)20-13(3)15-4-7-16(18)8-5-15/h4-5,7-8,12-14H,6,9-11,19H2,1-3H3,(H,20,21). The number of rotatable bonds is 8. The molecule has 1 aromatic carbocycles. The predicted molar refractivity (Wildman–Crippen MR) is 91.9 cm³/mol. The molecule has 1 aromatic rings. The number of halogens is 1. The van der Waals surface area contributed by atoms with Crippen molar-refractivity contribution >= 4 is 21.8 Å². The average molecular weight is 355 g/mol. The zero-order valence-electron chi connectivity index (χ0n) is 13.2. The van der Waals surface area contributed by atoms with E-state index >= 15 is 0 Å². The van der Waals surface area contributed by atoms with E-state index in [0.717, 1.165) is 22.9 Å². The molecule has 21 heavy (non-hydrogen) atoms. The van der Waals surface area contributed by atoms with Gasteiger partial charge < -0.3 is 11.1 Å². The average Bonchev–Trinajstić information content (AvgIpc) is 2.43. The first kappa shape index (κ1) is 18.2. The molecule has 0 aliphatic carbocycles. The van der Waals surface area contributed by atoms with E-state index in [0.29, 0.717) is 24.8 Å². The van der Waals surface area contributed by atoms with Gasteiger partial charge in [0.25, 0.3) is 0 Å². The van der Waals surface area contributed by atoms with Crippen LogP contribution in [0.1, 0.15) is 51.6 Å². The summed E-state index contributed by atoms with van der Waals surface area (Å²) < 4.78 is 1.05. The topological polar surface area (TPSA) is 55.1 Å². The number of hydrogen-bond donors (Lipinski definition) is 2. The Bertz CT molecular complexity index is 431. The zero-order chi connectivity index (χ0) is 15.8. The second kappa shape index (κ2) is 9.21. The molecule has 0 aromatic heterocycles. The van der Waals surface area contributed by atoms with Gasteiger partial charge in [0.05, 0.1) is 6.04 Å². The van der Waals surface area contributed by atoms with E-state index in [1.807, 2.05) is 31.2 Å². The minimum absolute atomic E-state index is 0.0395. The van der Waals surface area contributed by atoms with Crippen LogP contribution in [-0.2, 0) is 4.79 Å². The van der Waals surface area contributed by atoms with Crippen molar-refractivity contribution in [3.05, 3.63) is 34.3 Å². The first-order chi connectivity index (χ1) is 9.93. The number of carbonyl (C=O) groups is 1. The van der Waals surface area contributed by atoms with Crippen LogP contribution >= 0.6 is 15.9 Å². The Kier molecular flexibility index (Phi) is 7.97. The molecule has 0 fully saturated rings. The molecule has 0 bridgehead atoms. The van der Waals surface area contributed by atoms with E-state index in [9.17, 15) is 4.79 Å². The van der Waals surface area contributed by atoms with Gasteiger partial charge in [-0.15, -0.1) is 0 Å². The van der Waals surface area contributed by atoms with E-state index in [1.165, 1.54) is 0 Å². The van der Waals surface area contributed by atoms with E-state index in [1.54, 1.807) is 0 Å². The Labute approximate surface area is 136 Å². The van der Waals surface area contributed by atoms with E-state index < -0.39 is 0 Å². The van der Waals surface area contributed by atoms with Gasteiger partial charge in [0.15, 0.2) is 0 Å². The predicted octanol–water partition coefficient (Wildman–Crippen LogP) is 4.03. The molecular formula is C17H27BrN2O. The van der Waals surface area contributed by atoms with Gasteiger partial charge in [0.1, 0.15) is 0 Å². The maximum Gasteiger partial charge on any atom is 0.220 e. The first-order valence-corrected chi connectivity index (χ1v) is 8.48. The minimum atomic E-state index is 0.0395. The van der Waals surface area contributed by atoms with Gasteiger partial charge in [-0.1, -0.05) is 41.9 Å². The van der Waals surface area contributed by atoms with Crippen molar-refractivity contribution in [2.75, 3.05) is 6.54 Å². The largest absolute Gasteiger partial charge is 0.350 e. The summed E-state index contributed by atoms with van der Waals surface area (Å²) in [5, 5.41) is 3.07. The second-order valence-electron chi connectivity index (χ2n) is 5.96. The molecule has 2 unspecified atom stereocenters. The Balaban J connectivity index is 2.44. The summed E-state index contributed by atoms with van der Waals surface area (Å²) in [6.45, 7) is 7.10. The fraction of sp³-hybridized carbons (Fsp3) is 0.588. The third kappa shape index (κ3) is 6.62. The lowest BCUT2D eigenvalue weighted by atomic mass is 9.88. The molecule has 118 valence electrons. The lowest BCUT2D eigenvalue weighted by molar-refractivity contribution is -0.122. The van der Waals surface area contributed by atoms with Gasteiger partial charge in [-0.3, -0.25) is 4.79 Å². The highest BCUT2D eigenvalue weighted by Crippen LogP contribution is 2.21. The third-order valence-electron chi connectivity index (χ3n) is 3.97. The van der Waals surface area contributed by atoms with Crippen molar-refractivity contribution in [3.63, 3.8) is 0 Å². The summed E-state index contributed by atoms with van der Waals surface area (Å²) in [5.41, 5.74) is 6.76. The summed E-state index contributed by atoms with van der Waals surface area (Å²) in [6.07, 6.45) is 2.48. The van der Waals surface area contributed by atoms with Gasteiger partial charge in [-0.05, 0) is 55.8 Å². The van der Waals surface area contributed by atoms with Gasteiger partial charge >= 0.3 is 0 Å². The summed E-state index contributed by atoms with van der Waals surface area (Å²) >= 11 is 3.42. The SMILES string of the molecule is CC(NC(=O)CCC(CCN)C(C)C)c1ccc(Br)cc1. The van der Waals surface area contributed by atoms with Crippen LogP contribution in [0.2, 0.25) is 0 Å². The molecular weight excluding hydrogens is 328 g/mol. The van der Waals surface area contributed by atoms with Crippen molar-refractivity contribution in [1.29, 1.82) is 0 Å². The molecule has 0 aliphatic heterocycles. The number of hydrogen-bond acceptors (Lipinski definition) is 2. The number of nitrogens with one attached hydrogen (secondary N) is 1. The molecule has 1 amide bonds. The van der Waals surface area contributed by atoms with Gasteiger partial charge in [-0.2, -0.15) is 0 Å². The maximum atomic E-state index is 12.1. The zero-order valence-corrected chi connectivity index (χ0v) is 14.8. The van der Waals surface area contributed by atoms with Gasteiger partial charge in [0.2, 0.25) is 5.91 Å². The number of nitrogens with two attached hydrogens (primary N) is 1. The molecule has 4 heteroatoms. The molecule has 0 aliphatic rings. The van der Waals surface area contributed by atoms with Crippen LogP contribution in [-0.4, -0.2) is 12.5 Å². The molecule has 0 saturated heterocycles. The summed E-state index contributed by atoms with van der Waals surface area (Å²) in [4.78, 5) is 12.1. The Hall–Kier alpha value is -0.870. The van der Waals surface area contributed by atoms with Gasteiger partial charge in [0, 0.05) is 10.9 Å². The van der Waals surface area contributed by atoms with Crippen LogP contribution in [0, 0.1) is 11.8 Å². The van der Waals surface area contributed by atoms with Crippen LogP contribution in [0.25, 0.3) is 0 Å². The van der Waals surface area contributed by atoms with E-state index in [-0.39, 0.29) is 11.9 Å². The molecule has 0 heterocycles. The quantitative estimate of drug-likeness (QED) is 0.740. The maximum absolute atomic E-state index is 12.1. The Morgan fingerprint density at radius 2 is 1.81 bits per heavy atom. The van der Waals surface area contributed by atoms with Crippen molar-refractivity contribution in [3.8, 4) is 0 Å². The molecule has 3 N–H and O–H groups in total. The minimum Gasteiger partial charge on any atom is -0.350 e. The normalized spacial score (nSPS) is 14.0. The highest BCUT2D eigenvalue weighted by atomic mass is 79.9. The van der Waals surface area contributed by atoms with E-state index in [2.05, 4.69) is 35.1 Å². The fourth-order valence-corrected chi connectivity index (χ4v) is 2.75. The lowest BCUT2D eigenvalue weighted by Crippen LogP contribution is -2.27. The third-order valence-corrected chi connectivity index (χ3v) is 4.50. The monoisotopic (exact) mass is 354 g/mol. The van der Waals surface area contributed by atoms with Crippen LogP contribution in [0.15, 0.2) is 28.7 Å². The lowest BCUT2D eigenvalue weighted by Gasteiger charge is -2.20. The highest BCUT2D eigenvalue weighted by molar-refractivity contribution is 9.10. The van der Waals surface area contributed by atoms with Crippen molar-refractivity contribution in [1.82, 2.24) is 5.32 Å². The fourth-order valence-electron chi connectivity index (χ4n) is 2.49. The van der Waals surface area contributed by atoms with Crippen LogP contribution in [0.4, 0.5) is 0 Å². The molecule has 0 saturated carbocycles. The number of carbonyl (C=O) groups excluding carboxylic acids is 1. The molecule has 0 radical (unpaired) electrons. The van der Waals surface area contributed by atoms with Crippen molar-refractivity contribution in [2.24, 2.45) is 17.6 Å². The number of benzene rings is 1. The summed E-state index contributed by atoms with van der Waals surface area (Å²) in [5.74, 6) is 1.22. The summed E-state index contributed by atoms with van der Waals surface area (Å²) in [7, 11) is 0.